The van der Waals surface area contributed by atoms with Crippen molar-refractivity contribution >= 4 is 0 Å². The van der Waals surface area contributed by atoms with Crippen molar-refractivity contribution in [1.82, 2.24) is 9.97 Å². The molecule has 2 fully saturated rings. The Labute approximate surface area is 83.8 Å². The zero-order valence-electron chi connectivity index (χ0n) is 8.03. The van der Waals surface area contributed by atoms with Crippen LogP contribution in [0, 0.1) is 17.8 Å². The lowest BCUT2D eigenvalue weighted by Crippen LogP contribution is -1.93. The van der Waals surface area contributed by atoms with E-state index in [1.165, 1.54) is 25.7 Å². The molecule has 0 aliphatic heterocycles. The summed E-state index contributed by atoms with van der Waals surface area (Å²) in [7, 11) is 0. The normalized spacial score (nSPS) is 20.0. The number of nitrogens with zero attached hydrogens (tertiary/aromatic N) is 2. The van der Waals surface area contributed by atoms with Gasteiger partial charge in [-0.1, -0.05) is 5.92 Å². The summed E-state index contributed by atoms with van der Waals surface area (Å²) in [6, 6.07) is 1.90. The van der Waals surface area contributed by atoms with E-state index in [-0.39, 0.29) is 0 Å². The molecule has 0 aromatic carbocycles. The second-order valence-corrected chi connectivity index (χ2v) is 4.12. The van der Waals surface area contributed by atoms with Gasteiger partial charge in [-0.2, -0.15) is 0 Å². The second kappa shape index (κ2) is 3.09. The van der Waals surface area contributed by atoms with E-state index in [0.29, 0.717) is 11.8 Å². The Hall–Kier alpha value is -1.36. The van der Waals surface area contributed by atoms with Crippen molar-refractivity contribution in [2.45, 2.75) is 31.6 Å². The molecule has 0 bridgehead atoms. The van der Waals surface area contributed by atoms with Crippen LogP contribution in [0.1, 0.15) is 43.1 Å². The molecule has 0 unspecified atom stereocenters. The van der Waals surface area contributed by atoms with E-state index in [9.17, 15) is 0 Å². The maximum atomic E-state index is 4.45. The van der Waals surface area contributed by atoms with Crippen molar-refractivity contribution in [3.63, 3.8) is 0 Å². The first-order chi connectivity index (χ1) is 6.92. The first kappa shape index (κ1) is 7.99. The monoisotopic (exact) mass is 184 g/mol. The van der Waals surface area contributed by atoms with Gasteiger partial charge in [0.25, 0.3) is 0 Å². The van der Waals surface area contributed by atoms with E-state index in [1.54, 1.807) is 0 Å². The van der Waals surface area contributed by atoms with Crippen molar-refractivity contribution in [2.75, 3.05) is 0 Å². The van der Waals surface area contributed by atoms with Gasteiger partial charge in [0.1, 0.15) is 11.5 Å². The van der Waals surface area contributed by atoms with Gasteiger partial charge in [0.15, 0.2) is 0 Å². The highest BCUT2D eigenvalue weighted by atomic mass is 14.9. The molecular weight excluding hydrogens is 172 g/mol. The second-order valence-electron chi connectivity index (χ2n) is 4.12. The lowest BCUT2D eigenvalue weighted by atomic mass is 10.3. The minimum absolute atomic E-state index is 0.623. The van der Waals surface area contributed by atoms with Gasteiger partial charge in [-0.05, 0) is 37.7 Å². The topological polar surface area (TPSA) is 25.8 Å². The van der Waals surface area contributed by atoms with Crippen LogP contribution in [0.2, 0.25) is 0 Å². The minimum Gasteiger partial charge on any atom is -0.241 e. The standard InChI is InChI=1S/C12H12N2/c1-2-9(1)3-6-11-7-8-13-12(14-11)10-4-5-10/h7-10H,1-2,4-5H2. The maximum Gasteiger partial charge on any atom is 0.132 e. The molecule has 1 heterocycles. The van der Waals surface area contributed by atoms with Gasteiger partial charge in [-0.3, -0.25) is 0 Å². The van der Waals surface area contributed by atoms with Gasteiger partial charge >= 0.3 is 0 Å². The summed E-state index contributed by atoms with van der Waals surface area (Å²) in [5, 5.41) is 0. The number of hydrogen-bond acceptors (Lipinski definition) is 2. The van der Waals surface area contributed by atoms with E-state index in [2.05, 4.69) is 21.8 Å². The molecule has 0 N–H and O–H groups in total. The minimum atomic E-state index is 0.623. The number of rotatable bonds is 1. The number of aromatic nitrogens is 2. The van der Waals surface area contributed by atoms with E-state index in [0.717, 1.165) is 11.5 Å². The van der Waals surface area contributed by atoms with E-state index >= 15 is 0 Å². The lowest BCUT2D eigenvalue weighted by Gasteiger charge is -1.95. The SMILES string of the molecule is C(#CC1CC1)c1ccnc(C2CC2)n1. The molecule has 0 spiro atoms. The fraction of sp³-hybridized carbons (Fsp3) is 0.500. The predicted octanol–water partition coefficient (Wildman–Crippen LogP) is 2.12. The third-order valence-electron chi connectivity index (χ3n) is 2.60. The van der Waals surface area contributed by atoms with Gasteiger partial charge in [0, 0.05) is 18.0 Å². The quantitative estimate of drug-likeness (QED) is 0.625. The van der Waals surface area contributed by atoms with Crippen LogP contribution in [-0.4, -0.2) is 9.97 Å². The van der Waals surface area contributed by atoms with Gasteiger partial charge in [-0.25, -0.2) is 9.97 Å². The van der Waals surface area contributed by atoms with Crippen LogP contribution >= 0.6 is 0 Å². The summed E-state index contributed by atoms with van der Waals surface area (Å²) in [5.41, 5.74) is 0.897. The molecule has 2 aliphatic rings. The zero-order valence-corrected chi connectivity index (χ0v) is 8.03. The summed E-state index contributed by atoms with van der Waals surface area (Å²) in [6.45, 7) is 0. The molecule has 2 aliphatic carbocycles. The summed E-state index contributed by atoms with van der Waals surface area (Å²) < 4.78 is 0. The van der Waals surface area contributed by atoms with Crippen molar-refractivity contribution in [2.24, 2.45) is 5.92 Å². The van der Waals surface area contributed by atoms with Crippen LogP contribution in [-0.2, 0) is 0 Å². The molecular formula is C12H12N2. The third kappa shape index (κ3) is 1.77. The molecule has 3 rings (SSSR count). The lowest BCUT2D eigenvalue weighted by molar-refractivity contribution is 0.919. The molecule has 2 saturated carbocycles. The van der Waals surface area contributed by atoms with Gasteiger partial charge < -0.3 is 0 Å². The van der Waals surface area contributed by atoms with E-state index < -0.39 is 0 Å². The van der Waals surface area contributed by atoms with Crippen LogP contribution < -0.4 is 0 Å². The van der Waals surface area contributed by atoms with Crippen molar-refractivity contribution in [1.29, 1.82) is 0 Å². The number of hydrogen-bond donors (Lipinski definition) is 0. The molecule has 14 heavy (non-hydrogen) atoms. The molecule has 0 radical (unpaired) electrons. The zero-order chi connectivity index (χ0) is 9.38. The molecule has 0 saturated heterocycles. The fourth-order valence-corrected chi connectivity index (χ4v) is 1.39. The van der Waals surface area contributed by atoms with Crippen LogP contribution in [0.15, 0.2) is 12.3 Å². The maximum absolute atomic E-state index is 4.45. The Balaban J connectivity index is 1.83. The molecule has 0 atom stereocenters. The van der Waals surface area contributed by atoms with E-state index in [1.807, 2.05) is 12.3 Å². The fourth-order valence-electron chi connectivity index (χ4n) is 1.39. The van der Waals surface area contributed by atoms with Gasteiger partial charge in [0.05, 0.1) is 0 Å². The highest BCUT2D eigenvalue weighted by Gasteiger charge is 2.26. The average Bonchev–Trinajstić information content (AvgIpc) is 3.06. The Morgan fingerprint density at radius 1 is 1.21 bits per heavy atom. The predicted molar refractivity (Wildman–Crippen MR) is 53.6 cm³/mol. The third-order valence-corrected chi connectivity index (χ3v) is 2.60. The molecule has 1 aromatic rings. The van der Waals surface area contributed by atoms with Gasteiger partial charge in [-0.15, -0.1) is 0 Å². The largest absolute Gasteiger partial charge is 0.241 e. The highest BCUT2D eigenvalue weighted by Crippen LogP contribution is 2.37. The molecule has 2 nitrogen and oxygen atoms in total. The molecule has 0 amide bonds. The molecule has 2 heteroatoms. The Morgan fingerprint density at radius 3 is 2.79 bits per heavy atom. The molecule has 1 aromatic heterocycles. The smallest absolute Gasteiger partial charge is 0.132 e. The first-order valence-corrected chi connectivity index (χ1v) is 5.26. The van der Waals surface area contributed by atoms with Crippen molar-refractivity contribution < 1.29 is 0 Å². The van der Waals surface area contributed by atoms with Crippen LogP contribution in [0.3, 0.4) is 0 Å². The van der Waals surface area contributed by atoms with Crippen LogP contribution in [0.25, 0.3) is 0 Å². The summed E-state index contributed by atoms with van der Waals surface area (Å²) in [6.07, 6.45) is 6.87. The van der Waals surface area contributed by atoms with Crippen molar-refractivity contribution in [3.8, 4) is 11.8 Å². The van der Waals surface area contributed by atoms with Crippen LogP contribution in [0.4, 0.5) is 0 Å². The average molecular weight is 184 g/mol. The summed E-state index contributed by atoms with van der Waals surface area (Å²) in [4.78, 5) is 8.72. The van der Waals surface area contributed by atoms with Gasteiger partial charge in [0.2, 0.25) is 0 Å². The molecule has 70 valence electrons. The van der Waals surface area contributed by atoms with E-state index in [4.69, 9.17) is 0 Å². The Bertz CT molecular complexity index is 406. The Kier molecular flexibility index (Phi) is 1.77. The highest BCUT2D eigenvalue weighted by molar-refractivity contribution is 5.29. The first-order valence-electron chi connectivity index (χ1n) is 5.26. The summed E-state index contributed by atoms with van der Waals surface area (Å²) in [5.74, 6) is 8.61. The Morgan fingerprint density at radius 2 is 2.07 bits per heavy atom. The summed E-state index contributed by atoms with van der Waals surface area (Å²) >= 11 is 0. The van der Waals surface area contributed by atoms with Crippen molar-refractivity contribution in [3.05, 3.63) is 23.8 Å². The van der Waals surface area contributed by atoms with Crippen LogP contribution in [0.5, 0.6) is 0 Å².